The van der Waals surface area contributed by atoms with Crippen LogP contribution in [0.2, 0.25) is 0 Å². The summed E-state index contributed by atoms with van der Waals surface area (Å²) in [5, 5.41) is 2.86. The number of aryl methyl sites for hydroxylation is 1. The number of carbonyl (C=O) groups excluding carboxylic acids is 2. The van der Waals surface area contributed by atoms with E-state index in [0.29, 0.717) is 24.7 Å². The van der Waals surface area contributed by atoms with Gasteiger partial charge in [0, 0.05) is 24.8 Å². The number of benzene rings is 1. The van der Waals surface area contributed by atoms with Crippen molar-refractivity contribution in [2.24, 2.45) is 5.92 Å². The summed E-state index contributed by atoms with van der Waals surface area (Å²) in [6, 6.07) is 7.98. The van der Waals surface area contributed by atoms with E-state index in [-0.39, 0.29) is 24.2 Å². The lowest BCUT2D eigenvalue weighted by Gasteiger charge is -2.17. The van der Waals surface area contributed by atoms with E-state index in [0.717, 1.165) is 11.4 Å². The minimum atomic E-state index is -0.342. The molecule has 0 aliphatic carbocycles. The highest BCUT2D eigenvalue weighted by Crippen LogP contribution is 2.27. The van der Waals surface area contributed by atoms with Crippen LogP contribution in [0.25, 0.3) is 0 Å². The lowest BCUT2D eigenvalue weighted by molar-refractivity contribution is -0.126. The highest BCUT2D eigenvalue weighted by atomic mass is 16.2. The number of aromatic nitrogens is 2. The van der Waals surface area contributed by atoms with Gasteiger partial charge in [0.05, 0.1) is 30.0 Å². The van der Waals surface area contributed by atoms with E-state index < -0.39 is 0 Å². The van der Waals surface area contributed by atoms with E-state index in [9.17, 15) is 9.59 Å². The lowest BCUT2D eigenvalue weighted by Crippen LogP contribution is -2.32. The van der Waals surface area contributed by atoms with Gasteiger partial charge in [-0.25, -0.2) is 0 Å². The number of hydrogen-bond donors (Lipinski definition) is 1. The third-order valence-corrected chi connectivity index (χ3v) is 4.65. The molecule has 6 nitrogen and oxygen atoms in total. The van der Waals surface area contributed by atoms with Gasteiger partial charge in [0.15, 0.2) is 0 Å². The Labute approximate surface area is 153 Å². The molecule has 1 aromatic heterocycles. The first kappa shape index (κ1) is 18.0. The molecule has 0 bridgehead atoms. The summed E-state index contributed by atoms with van der Waals surface area (Å²) in [7, 11) is 0. The standard InChI is InChI=1S/C20H24N4O2/c1-13(2)15-4-6-18(7-5-15)24-12-16(8-19(24)25)20(26)23-11-17-10-21-14(3)9-22-17/h4-7,9-10,13,16H,8,11-12H2,1-3H3,(H,23,26). The maximum Gasteiger partial charge on any atom is 0.227 e. The van der Waals surface area contributed by atoms with Gasteiger partial charge in [0.2, 0.25) is 11.8 Å². The molecule has 26 heavy (non-hydrogen) atoms. The second kappa shape index (κ2) is 7.64. The molecule has 1 aliphatic heterocycles. The number of nitrogens with one attached hydrogen (secondary N) is 1. The van der Waals surface area contributed by atoms with E-state index in [1.54, 1.807) is 17.3 Å². The van der Waals surface area contributed by atoms with Gasteiger partial charge in [0.1, 0.15) is 0 Å². The Morgan fingerprint density at radius 3 is 2.58 bits per heavy atom. The minimum absolute atomic E-state index is 0.0161. The van der Waals surface area contributed by atoms with Crippen LogP contribution in [0.15, 0.2) is 36.7 Å². The summed E-state index contributed by atoms with van der Waals surface area (Å²) in [5.74, 6) is -0.0352. The van der Waals surface area contributed by atoms with Gasteiger partial charge >= 0.3 is 0 Å². The topological polar surface area (TPSA) is 75.2 Å². The number of anilines is 1. The van der Waals surface area contributed by atoms with Crippen LogP contribution in [0.1, 0.15) is 43.1 Å². The number of hydrogen-bond acceptors (Lipinski definition) is 4. The Morgan fingerprint density at radius 1 is 1.23 bits per heavy atom. The van der Waals surface area contributed by atoms with Crippen molar-refractivity contribution in [3.63, 3.8) is 0 Å². The van der Waals surface area contributed by atoms with Gasteiger partial charge in [-0.15, -0.1) is 0 Å². The van der Waals surface area contributed by atoms with Crippen molar-refractivity contribution < 1.29 is 9.59 Å². The van der Waals surface area contributed by atoms with Gasteiger partial charge in [-0.2, -0.15) is 0 Å². The van der Waals surface area contributed by atoms with Crippen LogP contribution in [0.4, 0.5) is 5.69 Å². The monoisotopic (exact) mass is 352 g/mol. The average Bonchev–Trinajstić information content (AvgIpc) is 3.03. The SMILES string of the molecule is Cc1cnc(CNC(=O)C2CC(=O)N(c3ccc(C(C)C)cc3)C2)cn1. The first-order chi connectivity index (χ1) is 12.4. The van der Waals surface area contributed by atoms with Gasteiger partial charge < -0.3 is 10.2 Å². The number of rotatable bonds is 5. The predicted molar refractivity (Wildman–Crippen MR) is 99.6 cm³/mol. The Bertz CT molecular complexity index is 784. The smallest absolute Gasteiger partial charge is 0.227 e. The Morgan fingerprint density at radius 2 is 1.96 bits per heavy atom. The lowest BCUT2D eigenvalue weighted by atomic mass is 10.0. The summed E-state index contributed by atoms with van der Waals surface area (Å²) in [6.45, 7) is 6.86. The highest BCUT2D eigenvalue weighted by Gasteiger charge is 2.35. The molecule has 1 unspecified atom stereocenters. The van der Waals surface area contributed by atoms with Crippen molar-refractivity contribution >= 4 is 17.5 Å². The molecule has 2 amide bonds. The van der Waals surface area contributed by atoms with Crippen molar-refractivity contribution in [1.82, 2.24) is 15.3 Å². The Balaban J connectivity index is 1.59. The molecule has 1 atom stereocenters. The van der Waals surface area contributed by atoms with Crippen molar-refractivity contribution in [2.45, 2.75) is 39.7 Å². The zero-order valence-corrected chi connectivity index (χ0v) is 15.4. The number of nitrogens with zero attached hydrogens (tertiary/aromatic N) is 3. The first-order valence-corrected chi connectivity index (χ1v) is 8.89. The summed E-state index contributed by atoms with van der Waals surface area (Å²) in [4.78, 5) is 34.8. The quantitative estimate of drug-likeness (QED) is 0.897. The van der Waals surface area contributed by atoms with Gasteiger partial charge in [-0.1, -0.05) is 26.0 Å². The van der Waals surface area contributed by atoms with E-state index in [2.05, 4.69) is 29.1 Å². The molecular weight excluding hydrogens is 328 g/mol. The van der Waals surface area contributed by atoms with Crippen molar-refractivity contribution in [3.05, 3.63) is 53.6 Å². The summed E-state index contributed by atoms with van der Waals surface area (Å²) < 4.78 is 0. The summed E-state index contributed by atoms with van der Waals surface area (Å²) in [5.41, 5.74) is 3.61. The van der Waals surface area contributed by atoms with Crippen LogP contribution >= 0.6 is 0 Å². The van der Waals surface area contributed by atoms with E-state index in [4.69, 9.17) is 0 Å². The Hall–Kier alpha value is -2.76. The molecule has 0 saturated carbocycles. The van der Waals surface area contributed by atoms with Crippen molar-refractivity contribution in [2.75, 3.05) is 11.4 Å². The second-order valence-electron chi connectivity index (χ2n) is 7.02. The molecule has 3 rings (SSSR count). The van der Waals surface area contributed by atoms with Gasteiger partial charge in [-0.3, -0.25) is 19.6 Å². The summed E-state index contributed by atoms with van der Waals surface area (Å²) in [6.07, 6.45) is 3.55. The van der Waals surface area contributed by atoms with E-state index in [1.807, 2.05) is 31.2 Å². The third-order valence-electron chi connectivity index (χ3n) is 4.65. The third kappa shape index (κ3) is 4.07. The molecule has 1 aliphatic rings. The van der Waals surface area contributed by atoms with Crippen LogP contribution in [0.3, 0.4) is 0 Å². The highest BCUT2D eigenvalue weighted by molar-refractivity contribution is 6.00. The molecule has 2 heterocycles. The maximum atomic E-state index is 12.4. The zero-order valence-electron chi connectivity index (χ0n) is 15.4. The zero-order chi connectivity index (χ0) is 18.7. The fraction of sp³-hybridized carbons (Fsp3) is 0.400. The largest absolute Gasteiger partial charge is 0.350 e. The van der Waals surface area contributed by atoms with Crippen molar-refractivity contribution in [1.29, 1.82) is 0 Å². The number of carbonyl (C=O) groups is 2. The van der Waals surface area contributed by atoms with Crippen LogP contribution in [-0.4, -0.2) is 28.3 Å². The second-order valence-corrected chi connectivity index (χ2v) is 7.02. The fourth-order valence-electron chi connectivity index (χ4n) is 3.00. The molecule has 1 N–H and O–H groups in total. The average molecular weight is 352 g/mol. The Kier molecular flexibility index (Phi) is 5.30. The molecule has 1 aromatic carbocycles. The molecular formula is C20H24N4O2. The first-order valence-electron chi connectivity index (χ1n) is 8.89. The molecule has 2 aromatic rings. The van der Waals surface area contributed by atoms with E-state index >= 15 is 0 Å². The minimum Gasteiger partial charge on any atom is -0.350 e. The predicted octanol–water partition coefficient (Wildman–Crippen LogP) is 2.58. The maximum absolute atomic E-state index is 12.4. The van der Waals surface area contributed by atoms with Crippen LogP contribution in [-0.2, 0) is 16.1 Å². The molecule has 6 heteroatoms. The van der Waals surface area contributed by atoms with Gasteiger partial charge in [0.25, 0.3) is 0 Å². The van der Waals surface area contributed by atoms with Crippen LogP contribution < -0.4 is 10.2 Å². The molecule has 136 valence electrons. The van der Waals surface area contributed by atoms with Crippen LogP contribution in [0.5, 0.6) is 0 Å². The number of amides is 2. The van der Waals surface area contributed by atoms with Crippen molar-refractivity contribution in [3.8, 4) is 0 Å². The summed E-state index contributed by atoms with van der Waals surface area (Å²) >= 11 is 0. The fourth-order valence-corrected chi connectivity index (χ4v) is 3.00. The molecule has 1 saturated heterocycles. The van der Waals surface area contributed by atoms with Crippen LogP contribution in [0, 0.1) is 12.8 Å². The normalized spacial score (nSPS) is 17.0. The van der Waals surface area contributed by atoms with E-state index in [1.165, 1.54) is 5.56 Å². The van der Waals surface area contributed by atoms with Gasteiger partial charge in [-0.05, 0) is 30.5 Å². The molecule has 1 fully saturated rings. The molecule has 0 radical (unpaired) electrons. The molecule has 0 spiro atoms.